The summed E-state index contributed by atoms with van der Waals surface area (Å²) in [6.07, 6.45) is 0.410. The van der Waals surface area contributed by atoms with Crippen LogP contribution in [-0.2, 0) is 16.4 Å². The van der Waals surface area contributed by atoms with Crippen LogP contribution in [0.2, 0.25) is 0 Å². The summed E-state index contributed by atoms with van der Waals surface area (Å²) in [5, 5.41) is 0. The van der Waals surface area contributed by atoms with Crippen LogP contribution in [-0.4, -0.2) is 22.1 Å². The van der Waals surface area contributed by atoms with Crippen molar-refractivity contribution in [2.45, 2.75) is 11.3 Å². The number of hydrogen-bond donors (Lipinski definition) is 1. The van der Waals surface area contributed by atoms with E-state index in [9.17, 15) is 17.2 Å². The predicted molar refractivity (Wildman–Crippen MR) is 78.2 cm³/mol. The molecule has 118 valence electrons. The molecule has 0 radical (unpaired) electrons. The van der Waals surface area contributed by atoms with E-state index in [0.717, 1.165) is 17.7 Å². The van der Waals surface area contributed by atoms with Crippen LogP contribution >= 0.6 is 0 Å². The summed E-state index contributed by atoms with van der Waals surface area (Å²) in [4.78, 5) is -0.313. The van der Waals surface area contributed by atoms with Gasteiger partial charge < -0.3 is 4.74 Å². The van der Waals surface area contributed by atoms with Crippen molar-refractivity contribution in [2.75, 3.05) is 13.7 Å². The van der Waals surface area contributed by atoms with Crippen molar-refractivity contribution >= 4 is 10.0 Å². The Labute approximate surface area is 127 Å². The second-order valence-electron chi connectivity index (χ2n) is 4.54. The average molecular weight is 327 g/mol. The number of nitrogens with one attached hydrogen (secondary N) is 1. The third-order valence-electron chi connectivity index (χ3n) is 3.08. The third-order valence-corrected chi connectivity index (χ3v) is 4.54. The first-order valence-corrected chi connectivity index (χ1v) is 7.99. The molecule has 1 N–H and O–H groups in total. The predicted octanol–water partition coefficient (Wildman–Crippen LogP) is 2.49. The summed E-state index contributed by atoms with van der Waals surface area (Å²) in [5.74, 6) is -1.63. The molecule has 0 unspecified atom stereocenters. The van der Waals surface area contributed by atoms with Gasteiger partial charge in [0.05, 0.1) is 12.0 Å². The Kier molecular flexibility index (Phi) is 5.10. The van der Waals surface area contributed by atoms with Gasteiger partial charge in [0.25, 0.3) is 0 Å². The van der Waals surface area contributed by atoms with Crippen LogP contribution in [0.5, 0.6) is 5.75 Å². The molecule has 0 aliphatic heterocycles. The lowest BCUT2D eigenvalue weighted by Gasteiger charge is -2.10. The van der Waals surface area contributed by atoms with Gasteiger partial charge >= 0.3 is 0 Å². The van der Waals surface area contributed by atoms with Crippen LogP contribution in [0.3, 0.4) is 0 Å². The van der Waals surface area contributed by atoms with Gasteiger partial charge in [-0.2, -0.15) is 0 Å². The highest BCUT2D eigenvalue weighted by Gasteiger charge is 2.16. The third kappa shape index (κ3) is 3.80. The molecule has 0 saturated heterocycles. The second-order valence-corrected chi connectivity index (χ2v) is 6.30. The number of methoxy groups -OCH3 is 1. The number of rotatable bonds is 6. The first-order valence-electron chi connectivity index (χ1n) is 6.50. The fraction of sp³-hybridized carbons (Fsp3) is 0.200. The minimum atomic E-state index is -3.89. The molecule has 0 amide bonds. The van der Waals surface area contributed by atoms with Crippen LogP contribution in [0.1, 0.15) is 5.56 Å². The van der Waals surface area contributed by atoms with Crippen molar-refractivity contribution in [3.8, 4) is 5.75 Å². The van der Waals surface area contributed by atoms with Gasteiger partial charge in [0.15, 0.2) is 11.6 Å². The number of ether oxygens (including phenoxy) is 1. The van der Waals surface area contributed by atoms with Crippen molar-refractivity contribution < 1.29 is 21.9 Å². The summed E-state index contributed by atoms with van der Waals surface area (Å²) in [6.45, 7) is 0.113. The van der Waals surface area contributed by atoms with E-state index in [4.69, 9.17) is 4.74 Å². The van der Waals surface area contributed by atoms with E-state index >= 15 is 0 Å². The molecule has 2 rings (SSSR count). The molecule has 0 aliphatic carbocycles. The van der Waals surface area contributed by atoms with Gasteiger partial charge in [-0.3, -0.25) is 0 Å². The molecule has 0 fully saturated rings. The van der Waals surface area contributed by atoms with E-state index in [1.807, 2.05) is 18.2 Å². The zero-order valence-corrected chi connectivity index (χ0v) is 12.7. The molecule has 0 bridgehead atoms. The van der Waals surface area contributed by atoms with Gasteiger partial charge in [-0.1, -0.05) is 18.2 Å². The SMILES string of the molecule is COc1ccccc1CCNS(=O)(=O)c1ccc(F)c(F)c1. The molecule has 0 atom stereocenters. The quantitative estimate of drug-likeness (QED) is 0.887. The van der Waals surface area contributed by atoms with Gasteiger partial charge in [-0.05, 0) is 36.2 Å². The smallest absolute Gasteiger partial charge is 0.240 e. The van der Waals surface area contributed by atoms with E-state index in [-0.39, 0.29) is 11.4 Å². The summed E-state index contributed by atoms with van der Waals surface area (Å²) in [7, 11) is -2.35. The lowest BCUT2D eigenvalue weighted by Crippen LogP contribution is -2.26. The Hall–Kier alpha value is -1.99. The Morgan fingerprint density at radius 1 is 1.09 bits per heavy atom. The standard InChI is InChI=1S/C15H15F2NO3S/c1-21-15-5-3-2-4-11(15)8-9-18-22(19,20)12-6-7-13(16)14(17)10-12/h2-7,10,18H,8-9H2,1H3. The maximum Gasteiger partial charge on any atom is 0.240 e. The normalized spacial score (nSPS) is 11.4. The van der Waals surface area contributed by atoms with Crippen molar-refractivity contribution in [3.63, 3.8) is 0 Å². The number of sulfonamides is 1. The molecule has 2 aromatic rings. The Morgan fingerprint density at radius 3 is 2.50 bits per heavy atom. The van der Waals surface area contributed by atoms with Crippen molar-refractivity contribution in [1.82, 2.24) is 4.72 Å². The highest BCUT2D eigenvalue weighted by Crippen LogP contribution is 2.18. The maximum absolute atomic E-state index is 13.1. The van der Waals surface area contributed by atoms with E-state index < -0.39 is 21.7 Å². The van der Waals surface area contributed by atoms with Crippen LogP contribution in [0.25, 0.3) is 0 Å². The van der Waals surface area contributed by atoms with Crippen LogP contribution in [0.15, 0.2) is 47.4 Å². The van der Waals surface area contributed by atoms with Gasteiger partial charge in [0.2, 0.25) is 10.0 Å². The highest BCUT2D eigenvalue weighted by atomic mass is 32.2. The second kappa shape index (κ2) is 6.85. The molecular weight excluding hydrogens is 312 g/mol. The first kappa shape index (κ1) is 16.4. The molecule has 0 aliphatic rings. The lowest BCUT2D eigenvalue weighted by atomic mass is 10.1. The van der Waals surface area contributed by atoms with Gasteiger partial charge in [-0.25, -0.2) is 21.9 Å². The van der Waals surface area contributed by atoms with Crippen LogP contribution in [0.4, 0.5) is 8.78 Å². The van der Waals surface area contributed by atoms with E-state index in [0.29, 0.717) is 18.2 Å². The van der Waals surface area contributed by atoms with Gasteiger partial charge in [-0.15, -0.1) is 0 Å². The highest BCUT2D eigenvalue weighted by molar-refractivity contribution is 7.89. The topological polar surface area (TPSA) is 55.4 Å². The molecule has 22 heavy (non-hydrogen) atoms. The molecule has 0 spiro atoms. The average Bonchev–Trinajstić information content (AvgIpc) is 2.50. The zero-order valence-electron chi connectivity index (χ0n) is 11.8. The number of hydrogen-bond acceptors (Lipinski definition) is 3. The zero-order chi connectivity index (χ0) is 16.2. The van der Waals surface area contributed by atoms with Crippen LogP contribution < -0.4 is 9.46 Å². The van der Waals surface area contributed by atoms with Crippen molar-refractivity contribution in [2.24, 2.45) is 0 Å². The number of halogens is 2. The van der Waals surface area contributed by atoms with Gasteiger partial charge in [0.1, 0.15) is 5.75 Å². The molecule has 0 aromatic heterocycles. The number of para-hydroxylation sites is 1. The minimum absolute atomic E-state index is 0.113. The minimum Gasteiger partial charge on any atom is -0.496 e. The first-order chi connectivity index (χ1) is 10.4. The fourth-order valence-corrected chi connectivity index (χ4v) is 3.00. The van der Waals surface area contributed by atoms with E-state index in [2.05, 4.69) is 4.72 Å². The van der Waals surface area contributed by atoms with Crippen molar-refractivity contribution in [3.05, 3.63) is 59.7 Å². The molecule has 2 aromatic carbocycles. The summed E-state index contributed by atoms with van der Waals surface area (Å²) < 4.78 is 57.5. The Bertz CT molecular complexity index is 763. The molecule has 7 heteroatoms. The number of benzene rings is 2. The Morgan fingerprint density at radius 2 is 1.82 bits per heavy atom. The van der Waals surface area contributed by atoms with Crippen molar-refractivity contribution in [1.29, 1.82) is 0 Å². The largest absolute Gasteiger partial charge is 0.496 e. The Balaban J connectivity index is 2.05. The van der Waals surface area contributed by atoms with Crippen LogP contribution in [0, 0.1) is 11.6 Å². The summed E-state index contributed by atoms with van der Waals surface area (Å²) in [6, 6.07) is 9.69. The maximum atomic E-state index is 13.1. The molecular formula is C15H15F2NO3S. The molecule has 0 saturated carbocycles. The van der Waals surface area contributed by atoms with Gasteiger partial charge in [0, 0.05) is 6.54 Å². The summed E-state index contributed by atoms with van der Waals surface area (Å²) in [5.41, 5.74) is 0.845. The summed E-state index contributed by atoms with van der Waals surface area (Å²) >= 11 is 0. The monoisotopic (exact) mass is 327 g/mol. The van der Waals surface area contributed by atoms with E-state index in [1.165, 1.54) is 7.11 Å². The molecule has 0 heterocycles. The molecule has 4 nitrogen and oxygen atoms in total. The lowest BCUT2D eigenvalue weighted by molar-refractivity contribution is 0.409. The fourth-order valence-electron chi connectivity index (χ4n) is 1.96. The van der Waals surface area contributed by atoms with E-state index in [1.54, 1.807) is 6.07 Å².